The zero-order valence-electron chi connectivity index (χ0n) is 14.6. The molecule has 140 valence electrons. The molecule has 0 spiro atoms. The standard InChI is InChI=1S/C18H23N3O5/c22-8-7-19-3-5-20(6-4-19)18(24)13-9-17(23)21(11-13)14-1-2-15-16(10-14)26-12-25-15/h1-2,10,13,22H,3-9,11-12H2/t13-/m1/s1. The fourth-order valence-corrected chi connectivity index (χ4v) is 3.77. The SMILES string of the molecule is O=C([C@@H]1CC(=O)N(c2ccc3c(c2)OCO3)C1)N1CCN(CCO)CC1. The molecular formula is C18H23N3O5. The number of hydrogen-bond acceptors (Lipinski definition) is 6. The first-order valence-corrected chi connectivity index (χ1v) is 8.98. The normalized spacial score (nSPS) is 23.0. The third-order valence-corrected chi connectivity index (χ3v) is 5.24. The van der Waals surface area contributed by atoms with Crippen molar-refractivity contribution in [1.29, 1.82) is 0 Å². The van der Waals surface area contributed by atoms with Crippen LogP contribution in [0, 0.1) is 5.92 Å². The fourth-order valence-electron chi connectivity index (χ4n) is 3.77. The number of aliphatic hydroxyl groups excluding tert-OH is 1. The van der Waals surface area contributed by atoms with Crippen LogP contribution < -0.4 is 14.4 Å². The second kappa shape index (κ2) is 7.13. The summed E-state index contributed by atoms with van der Waals surface area (Å²) < 4.78 is 10.7. The summed E-state index contributed by atoms with van der Waals surface area (Å²) in [7, 11) is 0. The Morgan fingerprint density at radius 1 is 1.15 bits per heavy atom. The van der Waals surface area contributed by atoms with Crippen LogP contribution in [0.25, 0.3) is 0 Å². The Morgan fingerprint density at radius 2 is 1.92 bits per heavy atom. The minimum absolute atomic E-state index is 0.0406. The van der Waals surface area contributed by atoms with Crippen molar-refractivity contribution in [2.24, 2.45) is 5.92 Å². The van der Waals surface area contributed by atoms with Crippen molar-refractivity contribution in [3.05, 3.63) is 18.2 Å². The number of piperazine rings is 1. The number of amides is 2. The molecule has 8 heteroatoms. The molecule has 0 aromatic heterocycles. The molecule has 1 atom stereocenters. The number of hydrogen-bond donors (Lipinski definition) is 1. The number of ether oxygens (including phenoxy) is 2. The van der Waals surface area contributed by atoms with Crippen LogP contribution in [-0.4, -0.2) is 79.4 Å². The number of anilines is 1. The Bertz CT molecular complexity index is 702. The van der Waals surface area contributed by atoms with Crippen molar-refractivity contribution in [3.8, 4) is 11.5 Å². The van der Waals surface area contributed by atoms with E-state index in [1.54, 1.807) is 17.0 Å². The molecule has 3 aliphatic heterocycles. The second-order valence-corrected chi connectivity index (χ2v) is 6.83. The van der Waals surface area contributed by atoms with Gasteiger partial charge in [0.25, 0.3) is 0 Å². The Morgan fingerprint density at radius 3 is 2.69 bits per heavy atom. The number of rotatable bonds is 4. The first-order valence-electron chi connectivity index (χ1n) is 8.98. The zero-order valence-corrected chi connectivity index (χ0v) is 14.6. The van der Waals surface area contributed by atoms with Crippen molar-refractivity contribution >= 4 is 17.5 Å². The average molecular weight is 361 g/mol. The molecule has 2 saturated heterocycles. The number of aliphatic hydroxyl groups is 1. The summed E-state index contributed by atoms with van der Waals surface area (Å²) in [5.74, 6) is 1.00. The minimum atomic E-state index is -0.308. The first-order chi connectivity index (χ1) is 12.7. The molecular weight excluding hydrogens is 338 g/mol. The van der Waals surface area contributed by atoms with Crippen LogP contribution in [0.5, 0.6) is 11.5 Å². The van der Waals surface area contributed by atoms with E-state index in [-0.39, 0.29) is 37.6 Å². The molecule has 3 aliphatic rings. The van der Waals surface area contributed by atoms with Gasteiger partial charge in [0.15, 0.2) is 11.5 Å². The van der Waals surface area contributed by atoms with Crippen molar-refractivity contribution in [3.63, 3.8) is 0 Å². The van der Waals surface area contributed by atoms with Gasteiger partial charge in [-0.1, -0.05) is 0 Å². The second-order valence-electron chi connectivity index (χ2n) is 6.83. The lowest BCUT2D eigenvalue weighted by Crippen LogP contribution is -2.51. The molecule has 0 aliphatic carbocycles. The highest BCUT2D eigenvalue weighted by Crippen LogP contribution is 2.37. The molecule has 4 rings (SSSR count). The number of benzene rings is 1. The Balaban J connectivity index is 1.39. The van der Waals surface area contributed by atoms with Crippen LogP contribution in [0.3, 0.4) is 0 Å². The van der Waals surface area contributed by atoms with E-state index < -0.39 is 0 Å². The van der Waals surface area contributed by atoms with Gasteiger partial charge in [-0.05, 0) is 12.1 Å². The predicted octanol–water partition coefficient (Wildman–Crippen LogP) is -0.0953. The summed E-state index contributed by atoms with van der Waals surface area (Å²) in [4.78, 5) is 30.9. The maximum atomic E-state index is 12.8. The summed E-state index contributed by atoms with van der Waals surface area (Å²) in [6.45, 7) is 4.18. The van der Waals surface area contributed by atoms with Crippen molar-refractivity contribution in [1.82, 2.24) is 9.80 Å². The van der Waals surface area contributed by atoms with Gasteiger partial charge in [-0.2, -0.15) is 0 Å². The van der Waals surface area contributed by atoms with Crippen LogP contribution in [0.4, 0.5) is 5.69 Å². The number of carbonyl (C=O) groups is 2. The van der Waals surface area contributed by atoms with Crippen LogP contribution in [-0.2, 0) is 9.59 Å². The molecule has 0 unspecified atom stereocenters. The van der Waals surface area contributed by atoms with Crippen LogP contribution in [0.1, 0.15) is 6.42 Å². The summed E-state index contributed by atoms with van der Waals surface area (Å²) in [5.41, 5.74) is 0.738. The van der Waals surface area contributed by atoms with E-state index >= 15 is 0 Å². The van der Waals surface area contributed by atoms with Crippen LogP contribution in [0.15, 0.2) is 18.2 Å². The topological polar surface area (TPSA) is 82.6 Å². The molecule has 1 N–H and O–H groups in total. The maximum absolute atomic E-state index is 12.8. The highest BCUT2D eigenvalue weighted by Gasteiger charge is 2.38. The maximum Gasteiger partial charge on any atom is 0.231 e. The Labute approximate surface area is 151 Å². The molecule has 0 radical (unpaired) electrons. The van der Waals surface area contributed by atoms with Crippen LogP contribution >= 0.6 is 0 Å². The highest BCUT2D eigenvalue weighted by atomic mass is 16.7. The minimum Gasteiger partial charge on any atom is -0.454 e. The lowest BCUT2D eigenvalue weighted by molar-refractivity contribution is -0.137. The summed E-state index contributed by atoms with van der Waals surface area (Å²) in [6.07, 6.45) is 0.240. The van der Waals surface area contributed by atoms with Crippen molar-refractivity contribution in [2.45, 2.75) is 6.42 Å². The molecule has 26 heavy (non-hydrogen) atoms. The Kier molecular flexibility index (Phi) is 4.69. The lowest BCUT2D eigenvalue weighted by atomic mass is 10.1. The number of carbonyl (C=O) groups excluding carboxylic acids is 2. The number of β-amino-alcohol motifs (C(OH)–C–C–N with tert-alkyl or cyclic N) is 1. The fraction of sp³-hybridized carbons (Fsp3) is 0.556. The van der Waals surface area contributed by atoms with E-state index in [1.165, 1.54) is 0 Å². The van der Waals surface area contributed by atoms with E-state index in [2.05, 4.69) is 4.90 Å². The van der Waals surface area contributed by atoms with Gasteiger partial charge in [0.1, 0.15) is 0 Å². The summed E-state index contributed by atoms with van der Waals surface area (Å²) in [5, 5.41) is 9.01. The van der Waals surface area contributed by atoms with Gasteiger partial charge in [0.05, 0.1) is 12.5 Å². The van der Waals surface area contributed by atoms with Gasteiger partial charge < -0.3 is 24.4 Å². The lowest BCUT2D eigenvalue weighted by Gasteiger charge is -2.35. The zero-order chi connectivity index (χ0) is 18.1. The third kappa shape index (κ3) is 3.22. The van der Waals surface area contributed by atoms with Crippen LogP contribution in [0.2, 0.25) is 0 Å². The van der Waals surface area contributed by atoms with Crippen molar-refractivity contribution in [2.75, 3.05) is 57.6 Å². The largest absolute Gasteiger partial charge is 0.454 e. The average Bonchev–Trinajstić information content (AvgIpc) is 3.27. The smallest absolute Gasteiger partial charge is 0.231 e. The Hall–Kier alpha value is -2.32. The molecule has 3 heterocycles. The van der Waals surface area contributed by atoms with E-state index in [9.17, 15) is 9.59 Å². The van der Waals surface area contributed by atoms with Gasteiger partial charge in [-0.15, -0.1) is 0 Å². The van der Waals surface area contributed by atoms with Gasteiger partial charge in [-0.3, -0.25) is 14.5 Å². The van der Waals surface area contributed by atoms with Gasteiger partial charge in [0.2, 0.25) is 18.6 Å². The van der Waals surface area contributed by atoms with E-state index in [0.717, 1.165) is 18.8 Å². The summed E-state index contributed by atoms with van der Waals surface area (Å²) in [6, 6.07) is 5.41. The molecule has 2 fully saturated rings. The van der Waals surface area contributed by atoms with Gasteiger partial charge in [0, 0.05) is 57.4 Å². The molecule has 0 bridgehead atoms. The third-order valence-electron chi connectivity index (χ3n) is 5.24. The van der Waals surface area contributed by atoms with Gasteiger partial charge >= 0.3 is 0 Å². The first kappa shape index (κ1) is 17.1. The molecule has 2 amide bonds. The van der Waals surface area contributed by atoms with E-state index in [0.29, 0.717) is 37.7 Å². The van der Waals surface area contributed by atoms with E-state index in [1.807, 2.05) is 11.0 Å². The molecule has 0 saturated carbocycles. The highest BCUT2D eigenvalue weighted by molar-refractivity contribution is 6.00. The van der Waals surface area contributed by atoms with Crippen molar-refractivity contribution < 1.29 is 24.2 Å². The number of nitrogens with zero attached hydrogens (tertiary/aromatic N) is 3. The molecule has 1 aromatic rings. The molecule has 1 aromatic carbocycles. The monoisotopic (exact) mass is 361 g/mol. The summed E-state index contributed by atoms with van der Waals surface area (Å²) >= 11 is 0. The predicted molar refractivity (Wildman–Crippen MR) is 93.1 cm³/mol. The quantitative estimate of drug-likeness (QED) is 0.807. The number of fused-ring (bicyclic) bond motifs is 1. The van der Waals surface area contributed by atoms with Gasteiger partial charge in [-0.25, -0.2) is 0 Å². The molecule has 8 nitrogen and oxygen atoms in total. The van der Waals surface area contributed by atoms with E-state index in [4.69, 9.17) is 14.6 Å².